The molecule has 0 aromatic heterocycles. The number of carbonyl (C=O) groups excluding carboxylic acids is 1. The third-order valence-electron chi connectivity index (χ3n) is 7.66. The molecule has 1 aliphatic rings. The van der Waals surface area contributed by atoms with E-state index in [0.29, 0.717) is 37.7 Å². The second-order valence-electron chi connectivity index (χ2n) is 10.5. The quantitative estimate of drug-likeness (QED) is 0.150. The van der Waals surface area contributed by atoms with E-state index < -0.39 is 24.1 Å². The minimum atomic E-state index is -1.25. The van der Waals surface area contributed by atoms with E-state index in [9.17, 15) is 4.79 Å². The van der Waals surface area contributed by atoms with Crippen LogP contribution < -0.4 is 4.74 Å². The summed E-state index contributed by atoms with van der Waals surface area (Å²) in [6.07, 6.45) is -0.378. The molecule has 0 radical (unpaired) electrons. The van der Waals surface area contributed by atoms with Crippen LogP contribution in [0, 0.1) is 0 Å². The predicted octanol–water partition coefficient (Wildman–Crippen LogP) is 7.29. The first-order valence-electron chi connectivity index (χ1n) is 14.5. The fraction of sp³-hybridized carbons (Fsp3) is 0.306. The maximum atomic E-state index is 12.5. The van der Waals surface area contributed by atoms with Crippen molar-refractivity contribution in [1.82, 2.24) is 0 Å². The average Bonchev–Trinajstić information content (AvgIpc) is 3.05. The number of hydrogen-bond acceptors (Lipinski definition) is 6. The number of benzene rings is 4. The Hall–Kier alpha value is -3.52. The van der Waals surface area contributed by atoms with Crippen molar-refractivity contribution < 1.29 is 28.5 Å². The second-order valence-corrected chi connectivity index (χ2v) is 10.9. The Bertz CT molecular complexity index is 1450. The van der Waals surface area contributed by atoms with Crippen molar-refractivity contribution in [3.05, 3.63) is 136 Å². The maximum absolute atomic E-state index is 12.5. The van der Waals surface area contributed by atoms with Crippen LogP contribution in [0.2, 0.25) is 5.02 Å². The molecule has 0 amide bonds. The summed E-state index contributed by atoms with van der Waals surface area (Å²) in [6.45, 7) is 3.24. The first-order valence-corrected chi connectivity index (χ1v) is 14.9. The van der Waals surface area contributed by atoms with Gasteiger partial charge in [0.15, 0.2) is 12.1 Å². The van der Waals surface area contributed by atoms with Gasteiger partial charge < -0.3 is 28.5 Å². The van der Waals surface area contributed by atoms with Crippen molar-refractivity contribution in [2.45, 2.75) is 57.1 Å². The van der Waals surface area contributed by atoms with Crippen molar-refractivity contribution in [2.75, 3.05) is 13.7 Å². The summed E-state index contributed by atoms with van der Waals surface area (Å²) in [4.78, 5) is 12.5. The van der Waals surface area contributed by atoms with Crippen LogP contribution in [-0.4, -0.2) is 38.3 Å². The van der Waals surface area contributed by atoms with Gasteiger partial charge in [-0.1, -0.05) is 90.5 Å². The summed E-state index contributed by atoms with van der Waals surface area (Å²) in [5, 5.41) is 0.632. The van der Waals surface area contributed by atoms with Gasteiger partial charge in [-0.3, -0.25) is 0 Å². The summed E-state index contributed by atoms with van der Waals surface area (Å²) in [7, 11) is 1.59. The lowest BCUT2D eigenvalue weighted by atomic mass is 9.89. The zero-order valence-electron chi connectivity index (χ0n) is 24.5. The van der Waals surface area contributed by atoms with Gasteiger partial charge >= 0.3 is 0 Å². The Labute approximate surface area is 258 Å². The Morgan fingerprint density at radius 3 is 2.12 bits per heavy atom. The Morgan fingerprint density at radius 2 is 1.51 bits per heavy atom. The highest BCUT2D eigenvalue weighted by atomic mass is 35.5. The summed E-state index contributed by atoms with van der Waals surface area (Å²) in [5.74, 6) is -0.428. The van der Waals surface area contributed by atoms with Crippen molar-refractivity contribution in [3.8, 4) is 5.75 Å². The molecule has 6 nitrogen and oxygen atoms in total. The molecule has 43 heavy (non-hydrogen) atoms. The van der Waals surface area contributed by atoms with Gasteiger partial charge in [-0.15, -0.1) is 0 Å². The van der Waals surface area contributed by atoms with Gasteiger partial charge in [0.1, 0.15) is 18.0 Å². The summed E-state index contributed by atoms with van der Waals surface area (Å²) < 4.78 is 31.0. The number of ether oxygens (including phenoxy) is 5. The summed E-state index contributed by atoms with van der Waals surface area (Å²) in [6, 6.07) is 33.4. The SMILES string of the molecule is CCOc1ccc(Cc2cc([C@@]3(OC)CC(OCc4ccccc4)[C@H](OCc4ccccc4)C(C=O)O3)ccc2Cl)cc1. The van der Waals surface area contributed by atoms with Crippen LogP contribution in [-0.2, 0) is 49.2 Å². The minimum absolute atomic E-state index is 0.310. The smallest absolute Gasteiger partial charge is 0.198 e. The number of aldehydes is 1. The lowest BCUT2D eigenvalue weighted by Crippen LogP contribution is -2.56. The normalized spacial score (nSPS) is 21.8. The lowest BCUT2D eigenvalue weighted by Gasteiger charge is -2.46. The zero-order valence-corrected chi connectivity index (χ0v) is 25.2. The molecule has 4 aromatic carbocycles. The molecule has 0 spiro atoms. The van der Waals surface area contributed by atoms with Crippen molar-refractivity contribution in [2.24, 2.45) is 0 Å². The molecule has 0 N–H and O–H groups in total. The zero-order chi connectivity index (χ0) is 30.1. The molecule has 1 aliphatic heterocycles. The molecule has 4 atom stereocenters. The number of methoxy groups -OCH3 is 1. The van der Waals surface area contributed by atoms with E-state index in [1.54, 1.807) is 7.11 Å². The van der Waals surface area contributed by atoms with Crippen molar-refractivity contribution >= 4 is 17.9 Å². The van der Waals surface area contributed by atoms with Crippen LogP contribution in [0.1, 0.15) is 41.2 Å². The molecule has 2 unspecified atom stereocenters. The standard InChI is InChI=1S/C36H37ClO6/c1-3-40-31-17-14-26(15-18-31)20-29-21-30(16-19-32(29)37)36(39-2)22-33(41-24-27-10-6-4-7-11-27)35(34(23-38)43-36)42-25-28-12-8-5-9-13-28/h4-19,21,23,33-35H,3,20,22,24-25H2,1-2H3/t33?,34?,35-,36+/m0/s1. The molecule has 1 fully saturated rings. The largest absolute Gasteiger partial charge is 0.494 e. The molecule has 4 aromatic rings. The monoisotopic (exact) mass is 600 g/mol. The number of carbonyl (C=O) groups is 1. The van der Waals surface area contributed by atoms with Crippen LogP contribution in [0.25, 0.3) is 0 Å². The molecule has 0 saturated carbocycles. The second kappa shape index (κ2) is 14.8. The van der Waals surface area contributed by atoms with E-state index in [1.165, 1.54) is 0 Å². The van der Waals surface area contributed by atoms with Gasteiger partial charge in [-0.2, -0.15) is 0 Å². The van der Waals surface area contributed by atoms with Crippen LogP contribution >= 0.6 is 11.6 Å². The van der Waals surface area contributed by atoms with Crippen LogP contribution in [0.3, 0.4) is 0 Å². The molecule has 0 aliphatic carbocycles. The topological polar surface area (TPSA) is 63.2 Å². The number of hydrogen-bond donors (Lipinski definition) is 0. The predicted molar refractivity (Wildman–Crippen MR) is 166 cm³/mol. The summed E-state index contributed by atoms with van der Waals surface area (Å²) >= 11 is 6.67. The van der Waals surface area contributed by atoms with Crippen LogP contribution in [0.4, 0.5) is 0 Å². The van der Waals surface area contributed by atoms with Gasteiger partial charge in [0.05, 0.1) is 25.9 Å². The molecule has 0 bridgehead atoms. The first kappa shape index (κ1) is 30.9. The fourth-order valence-corrected chi connectivity index (χ4v) is 5.59. The highest BCUT2D eigenvalue weighted by molar-refractivity contribution is 6.31. The van der Waals surface area contributed by atoms with E-state index in [1.807, 2.05) is 110 Å². The third-order valence-corrected chi connectivity index (χ3v) is 8.03. The van der Waals surface area contributed by atoms with Gasteiger partial charge in [-0.25, -0.2) is 0 Å². The van der Waals surface area contributed by atoms with E-state index >= 15 is 0 Å². The molecule has 7 heteroatoms. The lowest BCUT2D eigenvalue weighted by molar-refractivity contribution is -0.321. The molecule has 5 rings (SSSR count). The van der Waals surface area contributed by atoms with E-state index in [4.69, 9.17) is 35.3 Å². The summed E-state index contributed by atoms with van der Waals surface area (Å²) in [5.41, 5.74) is 4.76. The Balaban J connectivity index is 1.42. The molecule has 224 valence electrons. The van der Waals surface area contributed by atoms with Crippen LogP contribution in [0.15, 0.2) is 103 Å². The molecule has 1 saturated heterocycles. The van der Waals surface area contributed by atoms with E-state index in [-0.39, 0.29) is 0 Å². The molecular weight excluding hydrogens is 564 g/mol. The fourth-order valence-electron chi connectivity index (χ4n) is 5.41. The molecular formula is C36H37ClO6. The van der Waals surface area contributed by atoms with Gasteiger partial charge in [-0.05, 0) is 59.9 Å². The van der Waals surface area contributed by atoms with Crippen molar-refractivity contribution in [3.63, 3.8) is 0 Å². The maximum Gasteiger partial charge on any atom is 0.198 e. The van der Waals surface area contributed by atoms with Crippen LogP contribution in [0.5, 0.6) is 5.75 Å². The average molecular weight is 601 g/mol. The Morgan fingerprint density at radius 1 is 0.860 bits per heavy atom. The first-order chi connectivity index (χ1) is 21.0. The van der Waals surface area contributed by atoms with Crippen molar-refractivity contribution in [1.29, 1.82) is 0 Å². The Kier molecular flexibility index (Phi) is 10.6. The minimum Gasteiger partial charge on any atom is -0.494 e. The number of halogens is 1. The van der Waals surface area contributed by atoms with Gasteiger partial charge in [0, 0.05) is 24.1 Å². The number of rotatable bonds is 13. The third kappa shape index (κ3) is 7.71. The highest BCUT2D eigenvalue weighted by Crippen LogP contribution is 2.42. The van der Waals surface area contributed by atoms with Gasteiger partial charge in [0.2, 0.25) is 0 Å². The molecule has 1 heterocycles. The van der Waals surface area contributed by atoms with E-state index in [2.05, 4.69) is 0 Å². The highest BCUT2D eigenvalue weighted by Gasteiger charge is 2.50. The van der Waals surface area contributed by atoms with Gasteiger partial charge in [0.25, 0.3) is 0 Å². The van der Waals surface area contributed by atoms with E-state index in [0.717, 1.165) is 39.9 Å².